The van der Waals surface area contributed by atoms with E-state index in [0.717, 1.165) is 27.6 Å². The quantitative estimate of drug-likeness (QED) is 0.815. The van der Waals surface area contributed by atoms with Gasteiger partial charge in [-0.05, 0) is 42.7 Å². The summed E-state index contributed by atoms with van der Waals surface area (Å²) in [5, 5.41) is 0.857. The third kappa shape index (κ3) is 2.95. The molecule has 0 amide bonds. The van der Waals surface area contributed by atoms with E-state index in [4.69, 9.17) is 9.15 Å². The highest BCUT2D eigenvalue weighted by molar-refractivity contribution is 6.89. The predicted molar refractivity (Wildman–Crippen MR) is 89.4 cm³/mol. The molecule has 1 aromatic carbocycles. The van der Waals surface area contributed by atoms with Gasteiger partial charge in [-0.2, -0.15) is 0 Å². The summed E-state index contributed by atoms with van der Waals surface area (Å²) in [4.78, 5) is 12.4. The monoisotopic (exact) mass is 302 g/mol. The summed E-state index contributed by atoms with van der Waals surface area (Å²) in [6.45, 7) is 10.4. The van der Waals surface area contributed by atoms with Gasteiger partial charge < -0.3 is 9.15 Å². The molecule has 0 saturated heterocycles. The van der Waals surface area contributed by atoms with Crippen LogP contribution in [0.25, 0.3) is 11.1 Å². The zero-order valence-electron chi connectivity index (χ0n) is 13.5. The average Bonchev–Trinajstić information content (AvgIpc) is 2.41. The highest BCUT2D eigenvalue weighted by Crippen LogP contribution is 2.26. The van der Waals surface area contributed by atoms with Gasteiger partial charge in [0, 0.05) is 5.19 Å². The van der Waals surface area contributed by atoms with E-state index in [-0.39, 0.29) is 5.63 Å². The molecule has 0 N–H and O–H groups in total. The molecule has 3 nitrogen and oxygen atoms in total. The number of rotatable bonds is 3. The summed E-state index contributed by atoms with van der Waals surface area (Å²) in [7, 11) is -0.171. The first-order chi connectivity index (χ1) is 9.75. The summed E-state index contributed by atoms with van der Waals surface area (Å²) >= 11 is 0. The zero-order chi connectivity index (χ0) is 15.8. The van der Waals surface area contributed by atoms with Crippen molar-refractivity contribution in [3.8, 4) is 16.9 Å². The van der Waals surface area contributed by atoms with Crippen molar-refractivity contribution in [1.82, 2.24) is 0 Å². The maximum absolute atomic E-state index is 12.4. The Morgan fingerprint density at radius 3 is 2.10 bits per heavy atom. The topological polar surface area (TPSA) is 39.4 Å². The molecule has 0 unspecified atom stereocenters. The van der Waals surface area contributed by atoms with E-state index in [1.807, 2.05) is 38.1 Å². The number of benzene rings is 1. The van der Waals surface area contributed by atoms with E-state index in [1.54, 1.807) is 7.11 Å². The smallest absolute Gasteiger partial charge is 0.335 e. The van der Waals surface area contributed by atoms with Gasteiger partial charge in [0.05, 0.1) is 15.2 Å². The fourth-order valence-corrected chi connectivity index (χ4v) is 4.28. The SMILES string of the molecule is COc1ccc(-c2c(C)c(C)oc(=O)c2[Si](C)(C)C)cc1. The Labute approximate surface area is 126 Å². The van der Waals surface area contributed by atoms with Crippen LogP contribution in [0.2, 0.25) is 19.6 Å². The summed E-state index contributed by atoms with van der Waals surface area (Å²) in [5.41, 5.74) is 2.92. The second kappa shape index (κ2) is 5.52. The number of aryl methyl sites for hydroxylation is 1. The first kappa shape index (κ1) is 15.6. The molecule has 0 radical (unpaired) electrons. The minimum Gasteiger partial charge on any atom is -0.497 e. The summed E-state index contributed by atoms with van der Waals surface area (Å²) < 4.78 is 10.6. The lowest BCUT2D eigenvalue weighted by molar-refractivity contribution is 0.415. The van der Waals surface area contributed by atoms with E-state index in [0.29, 0.717) is 5.76 Å². The molecule has 0 spiro atoms. The second-order valence-electron chi connectivity index (χ2n) is 6.30. The summed E-state index contributed by atoms with van der Waals surface area (Å²) in [6, 6.07) is 7.85. The minimum atomic E-state index is -1.82. The van der Waals surface area contributed by atoms with Crippen LogP contribution in [-0.4, -0.2) is 15.2 Å². The maximum Gasteiger partial charge on any atom is 0.335 e. The molecule has 0 atom stereocenters. The average molecular weight is 302 g/mol. The molecule has 0 fully saturated rings. The van der Waals surface area contributed by atoms with E-state index < -0.39 is 8.07 Å². The third-order valence-electron chi connectivity index (χ3n) is 3.73. The van der Waals surface area contributed by atoms with Gasteiger partial charge in [0.2, 0.25) is 0 Å². The van der Waals surface area contributed by atoms with Crippen molar-refractivity contribution < 1.29 is 9.15 Å². The fourth-order valence-electron chi connectivity index (χ4n) is 2.53. The van der Waals surface area contributed by atoms with Gasteiger partial charge in [0.25, 0.3) is 0 Å². The minimum absolute atomic E-state index is 0.192. The Balaban J connectivity index is 2.79. The van der Waals surface area contributed by atoms with E-state index in [2.05, 4.69) is 19.6 Å². The normalized spacial score (nSPS) is 11.5. The van der Waals surface area contributed by atoms with Gasteiger partial charge in [0.15, 0.2) is 0 Å². The van der Waals surface area contributed by atoms with E-state index in [9.17, 15) is 4.79 Å². The number of methoxy groups -OCH3 is 1. The Hall–Kier alpha value is -1.81. The molecule has 2 aromatic rings. The standard InChI is InChI=1S/C17H22O3Si/c1-11-12(2)20-17(18)16(21(4,5)6)15(11)13-7-9-14(19-3)10-8-13/h7-10H,1-6H3. The van der Waals surface area contributed by atoms with Crippen LogP contribution < -0.4 is 15.5 Å². The molecule has 1 aromatic heterocycles. The van der Waals surface area contributed by atoms with Crippen LogP contribution in [0.5, 0.6) is 5.75 Å². The van der Waals surface area contributed by atoms with Gasteiger partial charge in [-0.3, -0.25) is 0 Å². The zero-order valence-corrected chi connectivity index (χ0v) is 14.5. The molecule has 0 aliphatic carbocycles. The van der Waals surface area contributed by atoms with Crippen molar-refractivity contribution in [2.75, 3.05) is 7.11 Å². The van der Waals surface area contributed by atoms with Crippen molar-refractivity contribution >= 4 is 13.3 Å². The molecular formula is C17H22O3Si. The summed E-state index contributed by atoms with van der Waals surface area (Å²) in [6.07, 6.45) is 0. The predicted octanol–water partition coefficient (Wildman–Crippen LogP) is 3.48. The highest BCUT2D eigenvalue weighted by atomic mass is 28.3. The summed E-state index contributed by atoms with van der Waals surface area (Å²) in [5.74, 6) is 1.50. The fraction of sp³-hybridized carbons (Fsp3) is 0.353. The second-order valence-corrected chi connectivity index (χ2v) is 11.3. The van der Waals surface area contributed by atoms with Gasteiger partial charge in [0.1, 0.15) is 11.5 Å². The Morgan fingerprint density at radius 2 is 1.62 bits per heavy atom. The van der Waals surface area contributed by atoms with Crippen LogP contribution in [0.4, 0.5) is 0 Å². The molecule has 0 saturated carbocycles. The third-order valence-corrected chi connectivity index (χ3v) is 5.69. The highest BCUT2D eigenvalue weighted by Gasteiger charge is 2.28. The van der Waals surface area contributed by atoms with Crippen LogP contribution in [0.15, 0.2) is 33.5 Å². The van der Waals surface area contributed by atoms with Gasteiger partial charge in [-0.15, -0.1) is 0 Å². The van der Waals surface area contributed by atoms with Crippen molar-refractivity contribution in [2.24, 2.45) is 0 Å². The molecule has 0 bridgehead atoms. The molecule has 0 aliphatic heterocycles. The van der Waals surface area contributed by atoms with Crippen LogP contribution in [-0.2, 0) is 0 Å². The number of hydrogen-bond acceptors (Lipinski definition) is 3. The molecule has 112 valence electrons. The van der Waals surface area contributed by atoms with Crippen LogP contribution in [0.1, 0.15) is 11.3 Å². The largest absolute Gasteiger partial charge is 0.497 e. The lowest BCUT2D eigenvalue weighted by atomic mass is 10.0. The van der Waals surface area contributed by atoms with Crippen molar-refractivity contribution in [3.05, 3.63) is 46.0 Å². The lowest BCUT2D eigenvalue weighted by Crippen LogP contribution is -2.48. The van der Waals surface area contributed by atoms with Gasteiger partial charge in [-0.25, -0.2) is 4.79 Å². The van der Waals surface area contributed by atoms with Crippen molar-refractivity contribution in [2.45, 2.75) is 33.5 Å². The van der Waals surface area contributed by atoms with Crippen molar-refractivity contribution in [3.63, 3.8) is 0 Å². The van der Waals surface area contributed by atoms with Crippen LogP contribution in [0, 0.1) is 13.8 Å². The number of hydrogen-bond donors (Lipinski definition) is 0. The molecule has 21 heavy (non-hydrogen) atoms. The molecule has 0 aliphatic rings. The molecule has 1 heterocycles. The maximum atomic E-state index is 12.4. The molecular weight excluding hydrogens is 280 g/mol. The first-order valence-corrected chi connectivity index (χ1v) is 10.5. The van der Waals surface area contributed by atoms with Gasteiger partial charge >= 0.3 is 5.63 Å². The Kier molecular flexibility index (Phi) is 4.10. The Morgan fingerprint density at radius 1 is 1.05 bits per heavy atom. The van der Waals surface area contributed by atoms with Gasteiger partial charge in [-0.1, -0.05) is 31.8 Å². The van der Waals surface area contributed by atoms with Crippen molar-refractivity contribution in [1.29, 1.82) is 0 Å². The number of ether oxygens (including phenoxy) is 1. The lowest BCUT2D eigenvalue weighted by Gasteiger charge is -2.22. The van der Waals surface area contributed by atoms with Crippen LogP contribution >= 0.6 is 0 Å². The van der Waals surface area contributed by atoms with E-state index in [1.165, 1.54) is 0 Å². The van der Waals surface area contributed by atoms with Crippen LogP contribution in [0.3, 0.4) is 0 Å². The molecule has 4 heteroatoms. The Bertz CT molecular complexity index is 707. The first-order valence-electron chi connectivity index (χ1n) is 7.05. The molecule has 2 rings (SSSR count). The van der Waals surface area contributed by atoms with E-state index >= 15 is 0 Å².